The molecular weight excluding hydrogens is 284 g/mol. The van der Waals surface area contributed by atoms with Gasteiger partial charge in [-0.15, -0.1) is 11.3 Å². The zero-order valence-electron chi connectivity index (χ0n) is 8.26. The summed E-state index contributed by atoms with van der Waals surface area (Å²) in [7, 11) is 2.07. The van der Waals surface area contributed by atoms with Gasteiger partial charge in [-0.3, -0.25) is 4.90 Å². The molecule has 2 nitrogen and oxygen atoms in total. The lowest BCUT2D eigenvalue weighted by molar-refractivity contribution is 0.257. The number of thiophene rings is 1. The van der Waals surface area contributed by atoms with E-state index in [0.717, 1.165) is 15.4 Å². The van der Waals surface area contributed by atoms with Crippen molar-refractivity contribution in [2.24, 2.45) is 5.73 Å². The first kappa shape index (κ1) is 12.5. The van der Waals surface area contributed by atoms with Gasteiger partial charge < -0.3 is 5.73 Å². The lowest BCUT2D eigenvalue weighted by Gasteiger charge is -2.22. The molecule has 1 atom stereocenters. The van der Waals surface area contributed by atoms with Gasteiger partial charge in [-0.05, 0) is 36.0 Å². The Morgan fingerprint density at radius 3 is 2.79 bits per heavy atom. The van der Waals surface area contributed by atoms with E-state index in [-0.39, 0.29) is 0 Å². The highest BCUT2D eigenvalue weighted by molar-refractivity contribution is 9.10. The van der Waals surface area contributed by atoms with Crippen molar-refractivity contribution in [3.05, 3.63) is 19.8 Å². The van der Waals surface area contributed by atoms with Gasteiger partial charge in [0.05, 0.1) is 0 Å². The molecule has 0 aliphatic rings. The third-order valence-electron chi connectivity index (χ3n) is 2.19. The molecule has 5 heteroatoms. The van der Waals surface area contributed by atoms with E-state index < -0.39 is 0 Å². The summed E-state index contributed by atoms with van der Waals surface area (Å²) in [5.74, 6) is 0. The summed E-state index contributed by atoms with van der Waals surface area (Å²) in [5, 5.41) is 0. The van der Waals surface area contributed by atoms with Crippen LogP contribution in [0.2, 0.25) is 4.34 Å². The van der Waals surface area contributed by atoms with Crippen LogP contribution in [0.25, 0.3) is 0 Å². The number of hydrogen-bond donors (Lipinski definition) is 1. The molecule has 1 aromatic heterocycles. The van der Waals surface area contributed by atoms with Crippen molar-refractivity contribution in [1.82, 2.24) is 4.90 Å². The number of halogens is 2. The highest BCUT2D eigenvalue weighted by Crippen LogP contribution is 2.32. The summed E-state index contributed by atoms with van der Waals surface area (Å²) in [6, 6.07) is 2.46. The van der Waals surface area contributed by atoms with Gasteiger partial charge in [-0.2, -0.15) is 0 Å². The van der Waals surface area contributed by atoms with Crippen LogP contribution in [0.5, 0.6) is 0 Å². The molecule has 0 bridgehead atoms. The average molecular weight is 298 g/mol. The second-order valence-corrected chi connectivity index (χ2v) is 5.93. The molecule has 0 fully saturated rings. The van der Waals surface area contributed by atoms with Crippen LogP contribution in [0.3, 0.4) is 0 Å². The molecule has 0 radical (unpaired) electrons. The molecule has 80 valence electrons. The van der Waals surface area contributed by atoms with Gasteiger partial charge in [0.15, 0.2) is 0 Å². The molecule has 0 amide bonds. The van der Waals surface area contributed by atoms with E-state index in [0.29, 0.717) is 12.6 Å². The van der Waals surface area contributed by atoms with Crippen LogP contribution in [0.15, 0.2) is 10.5 Å². The minimum Gasteiger partial charge on any atom is -0.329 e. The Morgan fingerprint density at radius 1 is 1.71 bits per heavy atom. The molecule has 1 aromatic rings. The number of hydrogen-bond acceptors (Lipinski definition) is 3. The van der Waals surface area contributed by atoms with Gasteiger partial charge in [-0.1, -0.05) is 11.6 Å². The lowest BCUT2D eigenvalue weighted by Crippen LogP contribution is -2.34. The van der Waals surface area contributed by atoms with Gasteiger partial charge >= 0.3 is 0 Å². The smallest absolute Gasteiger partial charge is 0.107 e. The Balaban J connectivity index is 2.60. The molecule has 14 heavy (non-hydrogen) atoms. The van der Waals surface area contributed by atoms with Gasteiger partial charge in [0, 0.05) is 28.5 Å². The maximum Gasteiger partial charge on any atom is 0.107 e. The summed E-state index contributed by atoms with van der Waals surface area (Å²) in [4.78, 5) is 3.47. The topological polar surface area (TPSA) is 29.3 Å². The van der Waals surface area contributed by atoms with Crippen molar-refractivity contribution >= 4 is 38.9 Å². The van der Waals surface area contributed by atoms with Gasteiger partial charge in [0.2, 0.25) is 0 Å². The molecular formula is C9H14BrClN2S. The molecule has 0 saturated carbocycles. The Hall–Kier alpha value is 0.390. The zero-order chi connectivity index (χ0) is 10.7. The van der Waals surface area contributed by atoms with Crippen molar-refractivity contribution in [2.75, 3.05) is 13.6 Å². The van der Waals surface area contributed by atoms with Crippen molar-refractivity contribution in [3.63, 3.8) is 0 Å². The molecule has 2 N–H and O–H groups in total. The Morgan fingerprint density at radius 2 is 2.36 bits per heavy atom. The van der Waals surface area contributed by atoms with Crippen LogP contribution in [-0.2, 0) is 6.54 Å². The standard InChI is InChI=1S/C9H14BrClN2S/c1-6(4-12)13(2)5-7-3-8(10)9(11)14-7/h3,6H,4-5,12H2,1-2H3. The van der Waals surface area contributed by atoms with Gasteiger partial charge in [-0.25, -0.2) is 0 Å². The van der Waals surface area contributed by atoms with Crippen molar-refractivity contribution in [2.45, 2.75) is 19.5 Å². The summed E-state index contributed by atoms with van der Waals surface area (Å²) < 4.78 is 1.79. The molecule has 0 saturated heterocycles. The number of likely N-dealkylation sites (N-methyl/N-ethyl adjacent to an activating group) is 1. The van der Waals surface area contributed by atoms with Crippen LogP contribution in [0, 0.1) is 0 Å². The highest BCUT2D eigenvalue weighted by atomic mass is 79.9. The summed E-state index contributed by atoms with van der Waals surface area (Å²) in [6.45, 7) is 3.69. The summed E-state index contributed by atoms with van der Waals surface area (Å²) in [6.07, 6.45) is 0. The van der Waals surface area contributed by atoms with E-state index >= 15 is 0 Å². The molecule has 1 heterocycles. The summed E-state index contributed by atoms with van der Waals surface area (Å²) in [5.41, 5.74) is 5.59. The van der Waals surface area contributed by atoms with Crippen LogP contribution in [0.1, 0.15) is 11.8 Å². The van der Waals surface area contributed by atoms with E-state index in [2.05, 4.69) is 40.9 Å². The van der Waals surface area contributed by atoms with E-state index in [1.807, 2.05) is 0 Å². The Kier molecular flexibility index (Phi) is 4.87. The maximum atomic E-state index is 5.95. The lowest BCUT2D eigenvalue weighted by atomic mass is 10.3. The Labute approximate surface area is 102 Å². The molecule has 1 rings (SSSR count). The van der Waals surface area contributed by atoms with Crippen molar-refractivity contribution < 1.29 is 0 Å². The predicted molar refractivity (Wildman–Crippen MR) is 67.0 cm³/mol. The van der Waals surface area contributed by atoms with Crippen LogP contribution >= 0.6 is 38.9 Å². The second kappa shape index (κ2) is 5.47. The maximum absolute atomic E-state index is 5.95. The van der Waals surface area contributed by atoms with Crippen LogP contribution < -0.4 is 5.73 Å². The third-order valence-corrected chi connectivity index (χ3v) is 4.65. The minimum absolute atomic E-state index is 0.398. The first-order valence-corrected chi connectivity index (χ1v) is 6.37. The van der Waals surface area contributed by atoms with E-state index in [4.69, 9.17) is 17.3 Å². The van der Waals surface area contributed by atoms with Crippen LogP contribution in [0.4, 0.5) is 0 Å². The van der Waals surface area contributed by atoms with Gasteiger partial charge in [0.1, 0.15) is 4.34 Å². The highest BCUT2D eigenvalue weighted by Gasteiger charge is 2.10. The van der Waals surface area contributed by atoms with Gasteiger partial charge in [0.25, 0.3) is 0 Å². The predicted octanol–water partition coefficient (Wildman–Crippen LogP) is 2.94. The fraction of sp³-hybridized carbons (Fsp3) is 0.556. The normalized spacial score (nSPS) is 13.6. The molecule has 0 spiro atoms. The van der Waals surface area contributed by atoms with E-state index in [1.54, 1.807) is 11.3 Å². The monoisotopic (exact) mass is 296 g/mol. The molecule has 0 aliphatic carbocycles. The first-order valence-electron chi connectivity index (χ1n) is 4.38. The second-order valence-electron chi connectivity index (χ2n) is 3.33. The third kappa shape index (κ3) is 3.21. The summed E-state index contributed by atoms with van der Waals surface area (Å²) >= 11 is 11.0. The minimum atomic E-state index is 0.398. The van der Waals surface area contributed by atoms with Crippen LogP contribution in [-0.4, -0.2) is 24.5 Å². The number of nitrogens with two attached hydrogens (primary N) is 1. The molecule has 0 aliphatic heterocycles. The fourth-order valence-corrected chi connectivity index (χ4v) is 2.90. The zero-order valence-corrected chi connectivity index (χ0v) is 11.4. The van der Waals surface area contributed by atoms with Crippen molar-refractivity contribution in [1.29, 1.82) is 0 Å². The molecule has 0 aromatic carbocycles. The quantitative estimate of drug-likeness (QED) is 0.926. The van der Waals surface area contributed by atoms with E-state index in [1.165, 1.54) is 4.88 Å². The average Bonchev–Trinajstić information content (AvgIpc) is 2.44. The van der Waals surface area contributed by atoms with E-state index in [9.17, 15) is 0 Å². The van der Waals surface area contributed by atoms with Crippen molar-refractivity contribution in [3.8, 4) is 0 Å². The molecule has 1 unspecified atom stereocenters. The number of rotatable bonds is 4. The first-order chi connectivity index (χ1) is 6.54. The number of nitrogens with zero attached hydrogens (tertiary/aromatic N) is 1. The largest absolute Gasteiger partial charge is 0.329 e. The SMILES string of the molecule is CC(CN)N(C)Cc1cc(Br)c(Cl)s1. The fourth-order valence-electron chi connectivity index (χ4n) is 1.05. The Bertz CT molecular complexity index is 284.